The van der Waals surface area contributed by atoms with E-state index in [0.717, 1.165) is 0 Å². The van der Waals surface area contributed by atoms with E-state index >= 15 is 0 Å². The van der Waals surface area contributed by atoms with Gasteiger partial charge in [0.05, 0.1) is 9.82 Å². The fourth-order valence-electron chi connectivity index (χ4n) is 2.11. The molecule has 0 fully saturated rings. The number of nitrogens with one attached hydrogen (secondary N) is 1. The predicted molar refractivity (Wildman–Crippen MR) is 80.5 cm³/mol. The summed E-state index contributed by atoms with van der Waals surface area (Å²) >= 11 is 0. The number of nitro benzene ring substituents is 1. The summed E-state index contributed by atoms with van der Waals surface area (Å²) in [5.74, 6) is 0. The Morgan fingerprint density at radius 3 is 2.29 bits per heavy atom. The minimum Gasteiger partial charge on any atom is -0.329 e. The van der Waals surface area contributed by atoms with E-state index in [9.17, 15) is 18.5 Å². The molecule has 0 aliphatic carbocycles. The smallest absolute Gasteiger partial charge is 0.269 e. The number of benzene rings is 1. The van der Waals surface area contributed by atoms with Gasteiger partial charge in [0, 0.05) is 24.2 Å². The molecular formula is C13H21N3O4S. The maximum atomic E-state index is 12.5. The second kappa shape index (κ2) is 6.50. The highest BCUT2D eigenvalue weighted by atomic mass is 32.2. The number of hydrogen-bond donors (Lipinski definition) is 2. The first-order valence-corrected chi connectivity index (χ1v) is 8.18. The number of sulfonamides is 1. The van der Waals surface area contributed by atoms with Crippen molar-refractivity contribution in [3.63, 3.8) is 0 Å². The van der Waals surface area contributed by atoms with Gasteiger partial charge in [-0.25, -0.2) is 13.1 Å². The molecule has 0 bridgehead atoms. The Bertz CT molecular complexity index is 616. The zero-order chi connectivity index (χ0) is 16.3. The third kappa shape index (κ3) is 3.78. The summed E-state index contributed by atoms with van der Waals surface area (Å²) in [5, 5.41) is 10.7. The van der Waals surface area contributed by atoms with Crippen molar-refractivity contribution in [2.75, 3.05) is 6.54 Å². The first kappa shape index (κ1) is 17.5. The van der Waals surface area contributed by atoms with Crippen molar-refractivity contribution < 1.29 is 13.3 Å². The number of rotatable bonds is 7. The van der Waals surface area contributed by atoms with Crippen LogP contribution >= 0.6 is 0 Å². The minimum atomic E-state index is -3.78. The van der Waals surface area contributed by atoms with Crippen LogP contribution in [-0.2, 0) is 10.0 Å². The van der Waals surface area contributed by atoms with Crippen molar-refractivity contribution in [2.24, 2.45) is 5.73 Å². The van der Waals surface area contributed by atoms with Gasteiger partial charge >= 0.3 is 0 Å². The molecule has 1 rings (SSSR count). The topological polar surface area (TPSA) is 115 Å². The molecule has 0 spiro atoms. The van der Waals surface area contributed by atoms with Crippen molar-refractivity contribution in [2.45, 2.75) is 44.0 Å². The van der Waals surface area contributed by atoms with Crippen LogP contribution in [0.25, 0.3) is 0 Å². The predicted octanol–water partition coefficient (Wildman–Crippen LogP) is 1.70. The average Bonchev–Trinajstić information content (AvgIpc) is 2.44. The van der Waals surface area contributed by atoms with E-state index in [0.29, 0.717) is 18.4 Å². The molecule has 1 aromatic rings. The molecule has 0 amide bonds. The summed E-state index contributed by atoms with van der Waals surface area (Å²) in [6, 6.07) is 3.68. The van der Waals surface area contributed by atoms with Crippen molar-refractivity contribution >= 4 is 15.7 Å². The summed E-state index contributed by atoms with van der Waals surface area (Å²) < 4.78 is 27.6. The summed E-state index contributed by atoms with van der Waals surface area (Å²) in [6.45, 7) is 5.44. The maximum absolute atomic E-state index is 12.5. The van der Waals surface area contributed by atoms with Crippen LogP contribution in [0.2, 0.25) is 0 Å². The molecule has 0 saturated heterocycles. The van der Waals surface area contributed by atoms with Crippen molar-refractivity contribution in [3.05, 3.63) is 33.9 Å². The molecule has 1 aromatic carbocycles. The van der Waals surface area contributed by atoms with Crippen LogP contribution in [0.4, 0.5) is 5.69 Å². The van der Waals surface area contributed by atoms with Crippen LogP contribution in [0.15, 0.2) is 23.1 Å². The third-order valence-corrected chi connectivity index (χ3v) is 5.49. The minimum absolute atomic E-state index is 0.0350. The summed E-state index contributed by atoms with van der Waals surface area (Å²) in [7, 11) is -3.78. The van der Waals surface area contributed by atoms with E-state index in [1.54, 1.807) is 0 Å². The summed E-state index contributed by atoms with van der Waals surface area (Å²) in [6.07, 6.45) is 1.12. The Morgan fingerprint density at radius 2 is 1.90 bits per heavy atom. The first-order valence-electron chi connectivity index (χ1n) is 6.70. The maximum Gasteiger partial charge on any atom is 0.269 e. The normalized spacial score (nSPS) is 12.4. The van der Waals surface area contributed by atoms with Crippen LogP contribution < -0.4 is 10.5 Å². The van der Waals surface area contributed by atoms with Gasteiger partial charge in [-0.2, -0.15) is 0 Å². The number of aryl methyl sites for hydroxylation is 1. The Labute approximate surface area is 124 Å². The Balaban J connectivity index is 3.23. The van der Waals surface area contributed by atoms with Crippen molar-refractivity contribution in [3.8, 4) is 0 Å². The van der Waals surface area contributed by atoms with Gasteiger partial charge in [0.15, 0.2) is 0 Å². The molecule has 0 atom stereocenters. The molecule has 3 N–H and O–H groups in total. The van der Waals surface area contributed by atoms with Crippen molar-refractivity contribution in [1.29, 1.82) is 0 Å². The molecule has 7 nitrogen and oxygen atoms in total. The number of non-ortho nitro benzene ring substituents is 1. The van der Waals surface area contributed by atoms with Crippen LogP contribution in [0, 0.1) is 17.0 Å². The fraction of sp³-hybridized carbons (Fsp3) is 0.538. The van der Waals surface area contributed by atoms with E-state index < -0.39 is 20.5 Å². The van der Waals surface area contributed by atoms with E-state index in [4.69, 9.17) is 5.73 Å². The lowest BCUT2D eigenvalue weighted by Crippen LogP contribution is -2.52. The lowest BCUT2D eigenvalue weighted by atomic mass is 9.95. The number of nitrogens with zero attached hydrogens (tertiary/aromatic N) is 1. The second-order valence-corrected chi connectivity index (χ2v) is 6.65. The third-order valence-electron chi connectivity index (χ3n) is 3.75. The quantitative estimate of drug-likeness (QED) is 0.587. The van der Waals surface area contributed by atoms with Gasteiger partial charge in [-0.05, 0) is 31.4 Å². The zero-order valence-corrected chi connectivity index (χ0v) is 13.2. The average molecular weight is 315 g/mol. The molecule has 0 heterocycles. The number of nitrogens with two attached hydrogens (primary N) is 1. The van der Waals surface area contributed by atoms with Gasteiger partial charge in [0.2, 0.25) is 10.0 Å². The molecule has 0 radical (unpaired) electrons. The van der Waals surface area contributed by atoms with E-state index in [2.05, 4.69) is 4.72 Å². The Morgan fingerprint density at radius 1 is 1.33 bits per heavy atom. The molecular weight excluding hydrogens is 294 g/mol. The fourth-order valence-corrected chi connectivity index (χ4v) is 3.90. The van der Waals surface area contributed by atoms with Gasteiger partial charge in [-0.15, -0.1) is 0 Å². The lowest BCUT2D eigenvalue weighted by Gasteiger charge is -2.31. The summed E-state index contributed by atoms with van der Waals surface area (Å²) in [5.41, 5.74) is 5.19. The van der Waals surface area contributed by atoms with Gasteiger partial charge in [-0.3, -0.25) is 10.1 Å². The lowest BCUT2D eigenvalue weighted by molar-refractivity contribution is -0.385. The second-order valence-electron chi connectivity index (χ2n) is 5.00. The monoisotopic (exact) mass is 315 g/mol. The molecule has 0 aromatic heterocycles. The molecule has 0 saturated carbocycles. The SMILES string of the molecule is CCC(CC)(CN)NS(=O)(=O)c1ccc([N+](=O)[O-])cc1C. The molecule has 8 heteroatoms. The van der Waals surface area contributed by atoms with E-state index in [1.165, 1.54) is 25.1 Å². The van der Waals surface area contributed by atoms with Gasteiger partial charge in [0.25, 0.3) is 5.69 Å². The number of hydrogen-bond acceptors (Lipinski definition) is 5. The number of nitro groups is 1. The molecule has 118 valence electrons. The highest BCUT2D eigenvalue weighted by molar-refractivity contribution is 7.89. The Hall–Kier alpha value is -1.51. The highest BCUT2D eigenvalue weighted by Gasteiger charge is 2.31. The van der Waals surface area contributed by atoms with E-state index in [1.807, 2.05) is 13.8 Å². The zero-order valence-electron chi connectivity index (χ0n) is 12.4. The summed E-state index contributed by atoms with van der Waals surface area (Å²) in [4.78, 5) is 10.2. The van der Waals surface area contributed by atoms with Gasteiger partial charge in [-0.1, -0.05) is 13.8 Å². The van der Waals surface area contributed by atoms with Gasteiger partial charge in [0.1, 0.15) is 0 Å². The van der Waals surface area contributed by atoms with Crippen LogP contribution in [0.5, 0.6) is 0 Å². The molecule has 21 heavy (non-hydrogen) atoms. The standard InChI is InChI=1S/C13H21N3O4S/c1-4-13(5-2,9-14)15-21(19,20)12-7-6-11(16(17)18)8-10(12)3/h6-8,15H,4-5,9,14H2,1-3H3. The van der Waals surface area contributed by atoms with Crippen molar-refractivity contribution in [1.82, 2.24) is 4.72 Å². The van der Waals surface area contributed by atoms with Crippen LogP contribution in [0.1, 0.15) is 32.3 Å². The molecule has 0 unspecified atom stereocenters. The Kier molecular flexibility index (Phi) is 5.43. The van der Waals surface area contributed by atoms with E-state index in [-0.39, 0.29) is 17.1 Å². The molecule has 0 aliphatic heterocycles. The molecule has 0 aliphatic rings. The first-order chi connectivity index (χ1) is 9.71. The van der Waals surface area contributed by atoms with Crippen LogP contribution in [-0.4, -0.2) is 25.4 Å². The van der Waals surface area contributed by atoms with Crippen LogP contribution in [0.3, 0.4) is 0 Å². The largest absolute Gasteiger partial charge is 0.329 e. The van der Waals surface area contributed by atoms with Gasteiger partial charge < -0.3 is 5.73 Å². The highest BCUT2D eigenvalue weighted by Crippen LogP contribution is 2.24.